The predicted molar refractivity (Wildman–Crippen MR) is 48.3 cm³/mol. The van der Waals surface area contributed by atoms with Crippen LogP contribution < -0.4 is 5.69 Å². The quantitative estimate of drug-likeness (QED) is 0.628. The van der Waals surface area contributed by atoms with Gasteiger partial charge in [-0.05, 0) is 18.4 Å². The monoisotopic (exact) mass is 166 g/mol. The summed E-state index contributed by atoms with van der Waals surface area (Å²) < 4.78 is 1.50. The second kappa shape index (κ2) is 3.09. The Labute approximate surface area is 72.1 Å². The number of nitrogens with zero attached hydrogens (tertiary/aromatic N) is 2. The van der Waals surface area contributed by atoms with Crippen LogP contribution in [0.15, 0.2) is 11.0 Å². The van der Waals surface area contributed by atoms with E-state index in [0.717, 1.165) is 11.3 Å². The topological polar surface area (TPSA) is 34.9 Å². The molecule has 12 heavy (non-hydrogen) atoms. The standard InChI is InChI=1S/C9H14N2O/c1-6(2)8-7(3)5-11(4)9(12)10-8/h5-6H,1-4H3. The summed E-state index contributed by atoms with van der Waals surface area (Å²) in [6.45, 7) is 6.05. The summed E-state index contributed by atoms with van der Waals surface area (Å²) in [4.78, 5) is 15.1. The first-order valence-electron chi connectivity index (χ1n) is 4.06. The summed E-state index contributed by atoms with van der Waals surface area (Å²) in [7, 11) is 1.71. The SMILES string of the molecule is Cc1cn(C)c(=O)nc1C(C)C. The van der Waals surface area contributed by atoms with Gasteiger partial charge in [-0.15, -0.1) is 0 Å². The third kappa shape index (κ3) is 1.55. The van der Waals surface area contributed by atoms with Gasteiger partial charge in [0.05, 0.1) is 5.69 Å². The lowest BCUT2D eigenvalue weighted by molar-refractivity contribution is 0.731. The molecule has 0 N–H and O–H groups in total. The first-order valence-corrected chi connectivity index (χ1v) is 4.06. The van der Waals surface area contributed by atoms with Gasteiger partial charge in [-0.3, -0.25) is 0 Å². The number of aromatic nitrogens is 2. The summed E-state index contributed by atoms with van der Waals surface area (Å²) in [5.74, 6) is 0.318. The van der Waals surface area contributed by atoms with Crippen LogP contribution in [0, 0.1) is 6.92 Å². The van der Waals surface area contributed by atoms with Gasteiger partial charge in [0.15, 0.2) is 0 Å². The van der Waals surface area contributed by atoms with Crippen molar-refractivity contribution in [3.8, 4) is 0 Å². The zero-order valence-electron chi connectivity index (χ0n) is 7.96. The number of aryl methyl sites for hydroxylation is 2. The molecule has 0 bridgehead atoms. The third-order valence-corrected chi connectivity index (χ3v) is 1.86. The van der Waals surface area contributed by atoms with E-state index < -0.39 is 0 Å². The lowest BCUT2D eigenvalue weighted by Crippen LogP contribution is -2.22. The molecule has 0 aliphatic heterocycles. The smallest absolute Gasteiger partial charge is 0.302 e. The third-order valence-electron chi connectivity index (χ3n) is 1.86. The van der Waals surface area contributed by atoms with E-state index in [4.69, 9.17) is 0 Å². The molecule has 0 aliphatic rings. The molecule has 0 aliphatic carbocycles. The average Bonchev–Trinajstić information content (AvgIpc) is 1.96. The van der Waals surface area contributed by atoms with E-state index in [-0.39, 0.29) is 5.69 Å². The van der Waals surface area contributed by atoms with Gasteiger partial charge in [0, 0.05) is 13.2 Å². The number of hydrogen-bond donors (Lipinski definition) is 0. The van der Waals surface area contributed by atoms with Crippen LogP contribution in [0.1, 0.15) is 31.0 Å². The Morgan fingerprint density at radius 3 is 2.58 bits per heavy atom. The zero-order valence-corrected chi connectivity index (χ0v) is 7.96. The van der Waals surface area contributed by atoms with Crippen LogP contribution >= 0.6 is 0 Å². The van der Waals surface area contributed by atoms with E-state index >= 15 is 0 Å². The van der Waals surface area contributed by atoms with Gasteiger partial charge in [0.1, 0.15) is 0 Å². The molecule has 3 heteroatoms. The number of rotatable bonds is 1. The first-order chi connectivity index (χ1) is 5.52. The van der Waals surface area contributed by atoms with Crippen molar-refractivity contribution in [2.45, 2.75) is 26.7 Å². The second-order valence-electron chi connectivity index (χ2n) is 3.36. The zero-order chi connectivity index (χ0) is 9.30. The maximum Gasteiger partial charge on any atom is 0.347 e. The van der Waals surface area contributed by atoms with Crippen molar-refractivity contribution in [1.82, 2.24) is 9.55 Å². The van der Waals surface area contributed by atoms with Gasteiger partial charge >= 0.3 is 5.69 Å². The highest BCUT2D eigenvalue weighted by molar-refractivity contribution is 5.17. The fraction of sp³-hybridized carbons (Fsp3) is 0.556. The molecule has 1 rings (SSSR count). The van der Waals surface area contributed by atoms with Gasteiger partial charge < -0.3 is 4.57 Å². The fourth-order valence-corrected chi connectivity index (χ4v) is 1.27. The molecule has 0 aromatic carbocycles. The molecule has 0 radical (unpaired) electrons. The maximum atomic E-state index is 11.1. The Morgan fingerprint density at radius 1 is 1.50 bits per heavy atom. The van der Waals surface area contributed by atoms with Crippen LogP contribution in [-0.4, -0.2) is 9.55 Å². The molecule has 0 saturated carbocycles. The second-order valence-corrected chi connectivity index (χ2v) is 3.36. The Bertz CT molecular complexity index is 339. The van der Waals surface area contributed by atoms with E-state index in [1.807, 2.05) is 27.0 Å². The average molecular weight is 166 g/mol. The molecule has 0 saturated heterocycles. The van der Waals surface area contributed by atoms with Gasteiger partial charge in [0.25, 0.3) is 0 Å². The summed E-state index contributed by atoms with van der Waals surface area (Å²) in [5, 5.41) is 0. The Hall–Kier alpha value is -1.12. The molecule has 0 unspecified atom stereocenters. The molecule has 0 atom stereocenters. The minimum atomic E-state index is -0.177. The van der Waals surface area contributed by atoms with Gasteiger partial charge in [-0.1, -0.05) is 13.8 Å². The maximum absolute atomic E-state index is 11.1. The highest BCUT2D eigenvalue weighted by Gasteiger charge is 2.06. The Kier molecular flexibility index (Phi) is 2.31. The van der Waals surface area contributed by atoms with Crippen molar-refractivity contribution >= 4 is 0 Å². The van der Waals surface area contributed by atoms with Crippen molar-refractivity contribution in [2.75, 3.05) is 0 Å². The van der Waals surface area contributed by atoms with Crippen LogP contribution in [0.5, 0.6) is 0 Å². The van der Waals surface area contributed by atoms with Crippen molar-refractivity contribution in [3.63, 3.8) is 0 Å². The van der Waals surface area contributed by atoms with Gasteiger partial charge in [0.2, 0.25) is 0 Å². The van der Waals surface area contributed by atoms with E-state index in [0.29, 0.717) is 5.92 Å². The molecular formula is C9H14N2O. The highest BCUT2D eigenvalue weighted by Crippen LogP contribution is 2.12. The first kappa shape index (κ1) is 8.97. The van der Waals surface area contributed by atoms with Crippen LogP contribution in [0.4, 0.5) is 0 Å². The molecule has 3 nitrogen and oxygen atoms in total. The molecular weight excluding hydrogens is 152 g/mol. The minimum Gasteiger partial charge on any atom is -0.302 e. The van der Waals surface area contributed by atoms with Crippen LogP contribution in [0.2, 0.25) is 0 Å². The predicted octanol–water partition coefficient (Wildman–Crippen LogP) is 1.21. The van der Waals surface area contributed by atoms with Crippen molar-refractivity contribution in [2.24, 2.45) is 7.05 Å². The minimum absolute atomic E-state index is 0.177. The Balaban J connectivity index is 3.33. The molecule has 1 heterocycles. The van der Waals surface area contributed by atoms with Gasteiger partial charge in [-0.25, -0.2) is 4.79 Å². The number of hydrogen-bond acceptors (Lipinski definition) is 2. The molecule has 1 aromatic rings. The largest absolute Gasteiger partial charge is 0.347 e. The van der Waals surface area contributed by atoms with Crippen LogP contribution in [-0.2, 0) is 7.05 Å². The van der Waals surface area contributed by atoms with E-state index in [1.165, 1.54) is 4.57 Å². The van der Waals surface area contributed by atoms with Gasteiger partial charge in [-0.2, -0.15) is 4.98 Å². The lowest BCUT2D eigenvalue weighted by Gasteiger charge is -2.08. The summed E-state index contributed by atoms with van der Waals surface area (Å²) in [5.41, 5.74) is 1.80. The lowest BCUT2D eigenvalue weighted by atomic mass is 10.1. The molecule has 0 fully saturated rings. The highest BCUT2D eigenvalue weighted by atomic mass is 16.1. The molecule has 0 spiro atoms. The summed E-state index contributed by atoms with van der Waals surface area (Å²) in [6.07, 6.45) is 1.82. The van der Waals surface area contributed by atoms with Crippen molar-refractivity contribution < 1.29 is 0 Å². The van der Waals surface area contributed by atoms with Crippen molar-refractivity contribution in [1.29, 1.82) is 0 Å². The van der Waals surface area contributed by atoms with Crippen molar-refractivity contribution in [3.05, 3.63) is 27.9 Å². The Morgan fingerprint density at radius 2 is 2.08 bits per heavy atom. The van der Waals surface area contributed by atoms with E-state index in [1.54, 1.807) is 7.05 Å². The summed E-state index contributed by atoms with van der Waals surface area (Å²) >= 11 is 0. The molecule has 1 aromatic heterocycles. The van der Waals surface area contributed by atoms with E-state index in [9.17, 15) is 4.79 Å². The molecule has 0 amide bonds. The molecule has 66 valence electrons. The fourth-order valence-electron chi connectivity index (χ4n) is 1.27. The van der Waals surface area contributed by atoms with E-state index in [2.05, 4.69) is 4.98 Å². The van der Waals surface area contributed by atoms with Crippen LogP contribution in [0.3, 0.4) is 0 Å². The normalized spacial score (nSPS) is 10.8. The van der Waals surface area contributed by atoms with Crippen LogP contribution in [0.25, 0.3) is 0 Å². The summed E-state index contributed by atoms with van der Waals surface area (Å²) in [6, 6.07) is 0.